The van der Waals surface area contributed by atoms with E-state index in [0.29, 0.717) is 31.3 Å². The third kappa shape index (κ3) is 4.19. The molecule has 1 aliphatic rings. The van der Waals surface area contributed by atoms with Crippen LogP contribution < -0.4 is 10.5 Å². The number of nitrogens with two attached hydrogens (primary N) is 1. The number of pyridine rings is 1. The van der Waals surface area contributed by atoms with Crippen LogP contribution in [0.5, 0.6) is 5.75 Å². The second-order valence-corrected chi connectivity index (χ2v) is 6.63. The van der Waals surface area contributed by atoms with E-state index in [1.807, 2.05) is 24.3 Å². The average Bonchev–Trinajstić information content (AvgIpc) is 3.21. The Morgan fingerprint density at radius 1 is 1.26 bits per heavy atom. The van der Waals surface area contributed by atoms with E-state index in [9.17, 15) is 5.11 Å². The molecule has 1 aliphatic heterocycles. The van der Waals surface area contributed by atoms with E-state index in [4.69, 9.17) is 15.2 Å². The van der Waals surface area contributed by atoms with Crippen molar-refractivity contribution < 1.29 is 14.6 Å². The summed E-state index contributed by atoms with van der Waals surface area (Å²) >= 11 is 0. The number of aliphatic hydroxyl groups excluding tert-OH is 1. The molecule has 3 heterocycles. The Balaban J connectivity index is 1.49. The number of fused-ring (bicyclic) bond motifs is 1. The van der Waals surface area contributed by atoms with Crippen LogP contribution in [0.4, 0.5) is 5.82 Å². The first-order chi connectivity index (χ1) is 13.2. The third-order valence-electron chi connectivity index (χ3n) is 4.61. The van der Waals surface area contributed by atoms with Crippen LogP contribution >= 0.6 is 0 Å². The molecule has 0 spiro atoms. The number of nitrogen functional groups attached to an aromatic ring is 1. The first-order valence-corrected chi connectivity index (χ1v) is 9.00. The van der Waals surface area contributed by atoms with Gasteiger partial charge in [0, 0.05) is 42.8 Å². The van der Waals surface area contributed by atoms with E-state index in [0.717, 1.165) is 35.2 Å². The minimum atomic E-state index is -0.586. The summed E-state index contributed by atoms with van der Waals surface area (Å²) in [4.78, 5) is 6.58. The highest BCUT2D eigenvalue weighted by Gasteiger charge is 2.16. The minimum Gasteiger partial charge on any atom is -0.490 e. The molecule has 142 valence electrons. The van der Waals surface area contributed by atoms with Crippen LogP contribution in [0, 0.1) is 0 Å². The van der Waals surface area contributed by atoms with Gasteiger partial charge in [-0.15, -0.1) is 0 Å². The number of hydrogen-bond acceptors (Lipinski definition) is 7. The number of anilines is 1. The summed E-state index contributed by atoms with van der Waals surface area (Å²) < 4.78 is 11.2. The Morgan fingerprint density at radius 3 is 2.89 bits per heavy atom. The van der Waals surface area contributed by atoms with Crippen molar-refractivity contribution in [1.82, 2.24) is 20.1 Å². The lowest BCUT2D eigenvalue weighted by Gasteiger charge is -2.28. The zero-order chi connectivity index (χ0) is 18.6. The molecule has 0 amide bonds. The fourth-order valence-electron chi connectivity index (χ4n) is 3.24. The van der Waals surface area contributed by atoms with Crippen molar-refractivity contribution >= 4 is 16.7 Å². The van der Waals surface area contributed by atoms with Gasteiger partial charge in [-0.05, 0) is 18.2 Å². The molecule has 1 aromatic carbocycles. The number of β-amino-alcohol motifs (C(OH)–C–C–N with tert-alkyl or cyclic N) is 1. The van der Waals surface area contributed by atoms with E-state index >= 15 is 0 Å². The highest BCUT2D eigenvalue weighted by atomic mass is 16.5. The van der Waals surface area contributed by atoms with Gasteiger partial charge in [-0.3, -0.25) is 10.00 Å². The smallest absolute Gasteiger partial charge is 0.132 e. The van der Waals surface area contributed by atoms with Gasteiger partial charge in [-0.25, -0.2) is 4.98 Å². The number of benzene rings is 1. The van der Waals surface area contributed by atoms with E-state index in [-0.39, 0.29) is 6.61 Å². The van der Waals surface area contributed by atoms with E-state index < -0.39 is 6.10 Å². The van der Waals surface area contributed by atoms with Crippen molar-refractivity contribution in [2.75, 3.05) is 45.2 Å². The largest absolute Gasteiger partial charge is 0.490 e. The first kappa shape index (κ1) is 17.7. The number of morpholine rings is 1. The summed E-state index contributed by atoms with van der Waals surface area (Å²) in [5, 5.41) is 18.1. The molecule has 0 saturated carbocycles. The van der Waals surface area contributed by atoms with Crippen LogP contribution in [0.2, 0.25) is 0 Å². The van der Waals surface area contributed by atoms with E-state index in [1.54, 1.807) is 12.3 Å². The van der Waals surface area contributed by atoms with Crippen LogP contribution in [0.3, 0.4) is 0 Å². The Kier molecular flexibility index (Phi) is 5.19. The molecule has 8 nitrogen and oxygen atoms in total. The summed E-state index contributed by atoms with van der Waals surface area (Å²) in [5.74, 6) is 0.997. The van der Waals surface area contributed by atoms with Crippen molar-refractivity contribution in [3.05, 3.63) is 36.5 Å². The normalized spacial score (nSPS) is 16.5. The topological polar surface area (TPSA) is 110 Å². The predicted molar refractivity (Wildman–Crippen MR) is 102 cm³/mol. The van der Waals surface area contributed by atoms with Gasteiger partial charge in [0.25, 0.3) is 0 Å². The van der Waals surface area contributed by atoms with Crippen LogP contribution in [0.15, 0.2) is 36.5 Å². The van der Waals surface area contributed by atoms with Crippen molar-refractivity contribution in [3.8, 4) is 17.0 Å². The zero-order valence-electron chi connectivity index (χ0n) is 15.0. The fourth-order valence-corrected chi connectivity index (χ4v) is 3.24. The number of aromatic amines is 1. The summed E-state index contributed by atoms with van der Waals surface area (Å²) in [6, 6.07) is 9.45. The summed E-state index contributed by atoms with van der Waals surface area (Å²) in [6.07, 6.45) is 1.12. The molecule has 1 fully saturated rings. The fraction of sp³-hybridized carbons (Fsp3) is 0.368. The summed E-state index contributed by atoms with van der Waals surface area (Å²) in [7, 11) is 0. The number of ether oxygens (including phenoxy) is 2. The van der Waals surface area contributed by atoms with Crippen molar-refractivity contribution in [2.24, 2.45) is 0 Å². The Morgan fingerprint density at radius 2 is 2.11 bits per heavy atom. The number of rotatable bonds is 6. The molecule has 2 aromatic heterocycles. The molecule has 1 atom stereocenters. The molecule has 1 saturated heterocycles. The van der Waals surface area contributed by atoms with Gasteiger partial charge in [-0.1, -0.05) is 6.07 Å². The van der Waals surface area contributed by atoms with Gasteiger partial charge in [0.05, 0.1) is 24.4 Å². The molecule has 0 aliphatic carbocycles. The zero-order valence-corrected chi connectivity index (χ0v) is 15.0. The second kappa shape index (κ2) is 7.91. The maximum atomic E-state index is 10.3. The molecule has 4 rings (SSSR count). The number of aromatic nitrogens is 3. The van der Waals surface area contributed by atoms with Crippen molar-refractivity contribution in [2.45, 2.75) is 6.10 Å². The van der Waals surface area contributed by atoms with Crippen LogP contribution in [-0.2, 0) is 4.74 Å². The number of aliphatic hydroxyl groups is 1. The molecule has 8 heteroatoms. The number of H-pyrrole nitrogens is 1. The number of nitrogens with zero attached hydrogens (tertiary/aromatic N) is 3. The van der Waals surface area contributed by atoms with Gasteiger partial charge in [0.15, 0.2) is 0 Å². The maximum absolute atomic E-state index is 10.3. The van der Waals surface area contributed by atoms with Gasteiger partial charge in [0.2, 0.25) is 0 Å². The Hall–Kier alpha value is -2.68. The molecule has 4 N–H and O–H groups in total. The minimum absolute atomic E-state index is 0.193. The maximum Gasteiger partial charge on any atom is 0.132 e. The van der Waals surface area contributed by atoms with Gasteiger partial charge in [0.1, 0.15) is 24.3 Å². The highest BCUT2D eigenvalue weighted by Crippen LogP contribution is 2.30. The van der Waals surface area contributed by atoms with E-state index in [1.165, 1.54) is 0 Å². The van der Waals surface area contributed by atoms with Gasteiger partial charge < -0.3 is 20.3 Å². The number of nitrogens with one attached hydrogen (secondary N) is 1. The lowest BCUT2D eigenvalue weighted by Crippen LogP contribution is -2.42. The Labute approximate surface area is 156 Å². The molecule has 3 aromatic rings. The molecule has 27 heavy (non-hydrogen) atoms. The monoisotopic (exact) mass is 369 g/mol. The van der Waals surface area contributed by atoms with Crippen LogP contribution in [0.25, 0.3) is 22.2 Å². The molecule has 0 bridgehead atoms. The average molecular weight is 369 g/mol. The molecule has 1 unspecified atom stereocenters. The predicted octanol–water partition coefficient (Wildman–Crippen LogP) is 1.28. The number of hydrogen-bond donors (Lipinski definition) is 3. The molecular weight excluding hydrogens is 346 g/mol. The lowest BCUT2D eigenvalue weighted by atomic mass is 10.1. The molecular formula is C19H23N5O3. The van der Waals surface area contributed by atoms with Gasteiger partial charge in [-0.2, -0.15) is 5.10 Å². The lowest BCUT2D eigenvalue weighted by molar-refractivity contribution is 0.00479. The van der Waals surface area contributed by atoms with Gasteiger partial charge >= 0.3 is 0 Å². The highest BCUT2D eigenvalue weighted by molar-refractivity contribution is 5.89. The standard InChI is InChI=1S/C19H23N5O3/c20-19-10-18(27-12-14(25)11-24-5-7-26-8-6-24)15-2-1-13(9-17(15)22-19)16-3-4-21-23-16/h1-4,9-10,14,25H,5-8,11-12H2,(H2,20,22)(H,21,23). The van der Waals surface area contributed by atoms with Crippen molar-refractivity contribution in [3.63, 3.8) is 0 Å². The van der Waals surface area contributed by atoms with Crippen molar-refractivity contribution in [1.29, 1.82) is 0 Å². The SMILES string of the molecule is Nc1cc(OCC(O)CN2CCOCC2)c2ccc(-c3ccn[nH]3)cc2n1. The first-order valence-electron chi connectivity index (χ1n) is 9.00. The quantitative estimate of drug-likeness (QED) is 0.600. The Bertz CT molecular complexity index is 894. The van der Waals surface area contributed by atoms with Crippen LogP contribution in [-0.4, -0.2) is 70.7 Å². The second-order valence-electron chi connectivity index (χ2n) is 6.63. The molecule has 0 radical (unpaired) electrons. The third-order valence-corrected chi connectivity index (χ3v) is 4.61. The summed E-state index contributed by atoms with van der Waals surface area (Å²) in [5.41, 5.74) is 8.57. The van der Waals surface area contributed by atoms with Crippen LogP contribution in [0.1, 0.15) is 0 Å². The van der Waals surface area contributed by atoms with E-state index in [2.05, 4.69) is 20.1 Å². The summed E-state index contributed by atoms with van der Waals surface area (Å²) in [6.45, 7) is 3.83.